The average Bonchev–Trinajstić information content (AvgIpc) is 3.29. The second kappa shape index (κ2) is 10.4. The Morgan fingerprint density at radius 3 is 2.74 bits per heavy atom. The molecule has 0 bridgehead atoms. The second-order valence-electron chi connectivity index (χ2n) is 8.88. The number of hydrogen-bond donors (Lipinski definition) is 0. The van der Waals surface area contributed by atoms with E-state index < -0.39 is 0 Å². The summed E-state index contributed by atoms with van der Waals surface area (Å²) < 4.78 is 1.88. The van der Waals surface area contributed by atoms with Gasteiger partial charge in [0, 0.05) is 67.7 Å². The number of hydrogen-bond acceptors (Lipinski definition) is 5. The van der Waals surface area contributed by atoms with E-state index in [9.17, 15) is 4.79 Å². The van der Waals surface area contributed by atoms with Crippen molar-refractivity contribution in [3.05, 3.63) is 100 Å². The van der Waals surface area contributed by atoms with Crippen molar-refractivity contribution in [2.75, 3.05) is 33.2 Å². The lowest BCUT2D eigenvalue weighted by Gasteiger charge is -2.32. The SMILES string of the molecule is CN1CCN(Cc2ccc(CC(=O)c3cccc(C#Cc4cnc5cnccn45)c3)cc2Cl)CC1. The van der Waals surface area contributed by atoms with Crippen LogP contribution in [0.25, 0.3) is 5.65 Å². The van der Waals surface area contributed by atoms with Crippen molar-refractivity contribution in [1.82, 2.24) is 24.2 Å². The Balaban J connectivity index is 1.26. The van der Waals surface area contributed by atoms with Gasteiger partial charge in [0.1, 0.15) is 5.69 Å². The fourth-order valence-electron chi connectivity index (χ4n) is 4.20. The van der Waals surface area contributed by atoms with Crippen molar-refractivity contribution >= 4 is 23.0 Å². The number of piperazine rings is 1. The quantitative estimate of drug-likeness (QED) is 0.318. The fourth-order valence-corrected chi connectivity index (χ4v) is 4.47. The number of benzene rings is 2. The maximum atomic E-state index is 13.0. The molecular weight excluding hydrogens is 458 g/mol. The van der Waals surface area contributed by atoms with Gasteiger partial charge in [-0.2, -0.15) is 0 Å². The molecule has 1 fully saturated rings. The van der Waals surface area contributed by atoms with E-state index in [4.69, 9.17) is 11.6 Å². The summed E-state index contributed by atoms with van der Waals surface area (Å²) in [5, 5.41) is 0.720. The molecule has 1 aliphatic rings. The van der Waals surface area contributed by atoms with Gasteiger partial charge in [-0.3, -0.25) is 19.1 Å². The molecule has 176 valence electrons. The molecule has 0 N–H and O–H groups in total. The summed E-state index contributed by atoms with van der Waals surface area (Å²) in [5.74, 6) is 6.32. The Labute approximate surface area is 210 Å². The van der Waals surface area contributed by atoms with Crippen molar-refractivity contribution in [1.29, 1.82) is 0 Å². The largest absolute Gasteiger partial charge is 0.304 e. The van der Waals surface area contributed by atoms with Gasteiger partial charge < -0.3 is 4.90 Å². The predicted octanol–water partition coefficient (Wildman–Crippen LogP) is 3.96. The molecule has 0 radical (unpaired) electrons. The van der Waals surface area contributed by atoms with Gasteiger partial charge in [-0.1, -0.05) is 41.8 Å². The Kier molecular flexibility index (Phi) is 6.91. The minimum absolute atomic E-state index is 0.0393. The molecule has 0 aliphatic carbocycles. The Morgan fingerprint density at radius 1 is 1.06 bits per heavy atom. The van der Waals surface area contributed by atoms with Crippen LogP contribution < -0.4 is 0 Å². The number of fused-ring (bicyclic) bond motifs is 1. The van der Waals surface area contributed by atoms with Crippen LogP contribution in [0.1, 0.15) is 32.7 Å². The zero-order valence-corrected chi connectivity index (χ0v) is 20.4. The van der Waals surface area contributed by atoms with Crippen LogP contribution >= 0.6 is 11.6 Å². The van der Waals surface area contributed by atoms with Crippen molar-refractivity contribution in [3.63, 3.8) is 0 Å². The van der Waals surface area contributed by atoms with E-state index in [1.54, 1.807) is 18.6 Å². The first-order chi connectivity index (χ1) is 17.0. The molecule has 2 aromatic heterocycles. The highest BCUT2D eigenvalue weighted by Gasteiger charge is 2.16. The molecule has 6 nitrogen and oxygen atoms in total. The van der Waals surface area contributed by atoms with E-state index in [1.165, 1.54) is 0 Å². The van der Waals surface area contributed by atoms with Crippen molar-refractivity contribution in [2.24, 2.45) is 0 Å². The molecule has 2 aromatic carbocycles. The van der Waals surface area contributed by atoms with E-state index in [2.05, 4.69) is 44.7 Å². The summed E-state index contributed by atoms with van der Waals surface area (Å²) in [6, 6.07) is 13.4. The highest BCUT2D eigenvalue weighted by Crippen LogP contribution is 2.21. The summed E-state index contributed by atoms with van der Waals surface area (Å²) in [7, 11) is 2.15. The number of rotatable bonds is 5. The third-order valence-electron chi connectivity index (χ3n) is 6.31. The normalized spacial score (nSPS) is 14.6. The monoisotopic (exact) mass is 483 g/mol. The first-order valence-electron chi connectivity index (χ1n) is 11.7. The highest BCUT2D eigenvalue weighted by molar-refractivity contribution is 6.31. The number of carbonyl (C=O) groups is 1. The summed E-state index contributed by atoms with van der Waals surface area (Å²) in [4.78, 5) is 26.1. The summed E-state index contributed by atoms with van der Waals surface area (Å²) >= 11 is 6.59. The Bertz CT molecular complexity index is 1430. The van der Waals surface area contributed by atoms with Crippen LogP contribution in [0.4, 0.5) is 0 Å². The van der Waals surface area contributed by atoms with Gasteiger partial charge in [0.2, 0.25) is 0 Å². The third kappa shape index (κ3) is 5.60. The fraction of sp³-hybridized carbons (Fsp3) is 0.250. The lowest BCUT2D eigenvalue weighted by Crippen LogP contribution is -2.43. The minimum Gasteiger partial charge on any atom is -0.304 e. The van der Waals surface area contributed by atoms with Gasteiger partial charge in [0.15, 0.2) is 11.4 Å². The van der Waals surface area contributed by atoms with E-state index in [0.29, 0.717) is 12.0 Å². The zero-order valence-electron chi connectivity index (χ0n) is 19.6. The number of carbonyl (C=O) groups excluding carboxylic acids is 1. The van der Waals surface area contributed by atoms with E-state index in [0.717, 1.165) is 65.8 Å². The predicted molar refractivity (Wildman–Crippen MR) is 138 cm³/mol. The molecule has 3 heterocycles. The molecular formula is C28H26ClN5O. The Hall–Kier alpha value is -3.50. The topological polar surface area (TPSA) is 53.7 Å². The molecule has 35 heavy (non-hydrogen) atoms. The second-order valence-corrected chi connectivity index (χ2v) is 9.29. The van der Waals surface area contributed by atoms with Gasteiger partial charge in [-0.15, -0.1) is 0 Å². The number of imidazole rings is 1. The average molecular weight is 484 g/mol. The van der Waals surface area contributed by atoms with Crippen LogP contribution in [0.2, 0.25) is 5.02 Å². The van der Waals surface area contributed by atoms with Crippen LogP contribution in [0.15, 0.2) is 67.3 Å². The van der Waals surface area contributed by atoms with Crippen molar-refractivity contribution in [2.45, 2.75) is 13.0 Å². The summed E-state index contributed by atoms with van der Waals surface area (Å²) in [5.41, 5.74) is 4.95. The number of likely N-dealkylation sites (N-methyl/N-ethyl adjacent to an activating group) is 1. The summed E-state index contributed by atoms with van der Waals surface area (Å²) in [6.45, 7) is 5.07. The maximum absolute atomic E-state index is 13.0. The lowest BCUT2D eigenvalue weighted by atomic mass is 10.00. The van der Waals surface area contributed by atoms with Gasteiger partial charge in [-0.25, -0.2) is 4.98 Å². The smallest absolute Gasteiger partial charge is 0.167 e. The zero-order chi connectivity index (χ0) is 24.2. The number of ketones is 1. The van der Waals surface area contributed by atoms with Crippen molar-refractivity contribution in [3.8, 4) is 11.8 Å². The summed E-state index contributed by atoms with van der Waals surface area (Å²) in [6.07, 6.45) is 7.23. The number of Topliss-reactive ketones (excluding diaryl/α,β-unsaturated/α-hetero) is 1. The first kappa shape index (κ1) is 23.3. The molecule has 0 spiro atoms. The standard InChI is InChI=1S/C28H26ClN5O/c1-32-11-13-33(14-12-32)20-24-7-5-22(16-26(24)29)17-27(35)23-4-2-3-21(15-23)6-8-25-18-31-28-19-30-9-10-34(25)28/h2-5,7,9-10,15-16,18-19H,11-14,17,20H2,1H3. The molecule has 0 unspecified atom stereocenters. The van der Waals surface area contributed by atoms with Gasteiger partial charge in [0.05, 0.1) is 12.4 Å². The van der Waals surface area contributed by atoms with Crippen LogP contribution in [0.5, 0.6) is 0 Å². The Morgan fingerprint density at radius 2 is 1.91 bits per heavy atom. The molecule has 1 saturated heterocycles. The molecule has 7 heteroatoms. The van der Waals surface area contributed by atoms with Crippen LogP contribution in [0, 0.1) is 11.8 Å². The van der Waals surface area contributed by atoms with Crippen LogP contribution in [-0.4, -0.2) is 63.2 Å². The first-order valence-corrected chi connectivity index (χ1v) is 12.0. The number of nitrogens with zero attached hydrogens (tertiary/aromatic N) is 5. The number of halogens is 1. The highest BCUT2D eigenvalue weighted by atomic mass is 35.5. The van der Waals surface area contributed by atoms with E-state index >= 15 is 0 Å². The van der Waals surface area contributed by atoms with Crippen LogP contribution in [-0.2, 0) is 13.0 Å². The maximum Gasteiger partial charge on any atom is 0.167 e. The number of aromatic nitrogens is 3. The van der Waals surface area contributed by atoms with Gasteiger partial charge in [0.25, 0.3) is 0 Å². The lowest BCUT2D eigenvalue weighted by molar-refractivity contribution is 0.0993. The van der Waals surface area contributed by atoms with Gasteiger partial charge >= 0.3 is 0 Å². The molecule has 0 atom stereocenters. The van der Waals surface area contributed by atoms with E-state index in [1.807, 2.05) is 47.0 Å². The van der Waals surface area contributed by atoms with Gasteiger partial charge in [-0.05, 0) is 42.3 Å². The minimum atomic E-state index is 0.0393. The third-order valence-corrected chi connectivity index (χ3v) is 6.66. The van der Waals surface area contributed by atoms with Crippen molar-refractivity contribution < 1.29 is 4.79 Å². The molecule has 0 saturated carbocycles. The van der Waals surface area contributed by atoms with E-state index in [-0.39, 0.29) is 5.78 Å². The molecule has 5 rings (SSSR count). The molecule has 1 aliphatic heterocycles. The van der Waals surface area contributed by atoms with Crippen LogP contribution in [0.3, 0.4) is 0 Å². The molecule has 4 aromatic rings. The molecule has 0 amide bonds.